The standard InChI is InChI=1S/C52H66N8O8S.ClH/c1-31-46(69-30-56-31)35-17-13-33(14-18-35)27-55-48(64)41-26-38(61)28-59(41)51(67)47(52(2,3)4)58-44(63)12-7-5-6-9-32-15-21-39(22-16-32)68-29-37(20-24-43(54)62)57-49(65)42-25-36-11-8-10-34-19-23-40(53)50(66)60(42)45(34)36;/h8,10-11,13-18,21-22,30,37-38,40-42,47,61H,5-7,9,12,19-20,23-29,53H2,1-4H3,(H2,54,62)(H,55,64)(H,57,65)(H,58,63);1H/t37-,38+,40-,41-,42-,47+;/m0./s1. The molecule has 0 radical (unpaired) electrons. The van der Waals surface area contributed by atoms with E-state index in [2.05, 4.69) is 20.9 Å². The number of aliphatic hydroxyl groups is 1. The Morgan fingerprint density at radius 2 is 1.63 bits per heavy atom. The number of primary amides is 1. The summed E-state index contributed by atoms with van der Waals surface area (Å²) in [5.74, 6) is -1.54. The first kappa shape index (κ1) is 53.5. The lowest BCUT2D eigenvalue weighted by Crippen LogP contribution is -2.57. The molecule has 8 N–H and O–H groups in total. The van der Waals surface area contributed by atoms with E-state index in [-0.39, 0.29) is 81.4 Å². The molecule has 3 aliphatic heterocycles. The predicted octanol–water partition coefficient (Wildman–Crippen LogP) is 4.81. The second-order valence-electron chi connectivity index (χ2n) is 19.7. The average molecular weight is 1000 g/mol. The largest absolute Gasteiger partial charge is 0.491 e. The fourth-order valence-corrected chi connectivity index (χ4v) is 10.2. The minimum absolute atomic E-state index is 0. The van der Waals surface area contributed by atoms with Gasteiger partial charge in [-0.05, 0) is 90.8 Å². The molecule has 0 saturated carbocycles. The summed E-state index contributed by atoms with van der Waals surface area (Å²) in [6.07, 6.45) is 4.29. The molecule has 16 nitrogen and oxygen atoms in total. The molecule has 4 aromatic rings. The zero-order chi connectivity index (χ0) is 49.4. The average Bonchev–Trinajstić information content (AvgIpc) is 4.04. The minimum atomic E-state index is -0.901. The monoisotopic (exact) mass is 998 g/mol. The first-order valence-corrected chi connectivity index (χ1v) is 24.9. The molecule has 6 atom stereocenters. The number of likely N-dealkylation sites (tertiary alicyclic amines) is 1. The number of β-amino-alcohol motifs (C(OH)–C–C–N with tert-alkyl or cyclic N) is 1. The Morgan fingerprint density at radius 1 is 0.914 bits per heavy atom. The van der Waals surface area contributed by atoms with Crippen LogP contribution in [0.15, 0.2) is 72.2 Å². The molecule has 0 bridgehead atoms. The number of carbonyl (C=O) groups is 6. The Morgan fingerprint density at radius 3 is 2.31 bits per heavy atom. The highest BCUT2D eigenvalue weighted by Crippen LogP contribution is 2.39. The SMILES string of the molecule is Cc1ncsc1-c1ccc(CNC(=O)[C@@H]2C[C@@H](O)CN2C(=O)[C@@H](NC(=O)CCCCCc2ccc(OC[C@H](CCC(N)=O)NC(=O)[C@@H]3Cc4cccc5c4N3C(=O)[C@@H](N)CC5)cc2)C(C)(C)C)cc1.Cl. The van der Waals surface area contributed by atoms with Crippen LogP contribution >= 0.6 is 23.7 Å². The molecule has 1 saturated heterocycles. The first-order chi connectivity index (χ1) is 33.0. The van der Waals surface area contributed by atoms with E-state index in [4.69, 9.17) is 16.2 Å². The number of aromatic nitrogens is 1. The number of benzene rings is 3. The molecule has 3 aliphatic rings. The van der Waals surface area contributed by atoms with E-state index >= 15 is 0 Å². The van der Waals surface area contributed by atoms with Crippen LogP contribution in [0.5, 0.6) is 5.75 Å². The molecule has 0 unspecified atom stereocenters. The molecule has 1 aromatic heterocycles. The summed E-state index contributed by atoms with van der Waals surface area (Å²) in [4.78, 5) is 88.1. The van der Waals surface area contributed by atoms with Gasteiger partial charge in [0.2, 0.25) is 35.4 Å². The highest BCUT2D eigenvalue weighted by molar-refractivity contribution is 7.13. The molecule has 4 heterocycles. The van der Waals surface area contributed by atoms with Crippen molar-refractivity contribution >= 4 is 64.9 Å². The topological polar surface area (TPSA) is 239 Å². The number of nitrogens with one attached hydrogen (secondary N) is 3. The van der Waals surface area contributed by atoms with E-state index in [1.165, 1.54) is 4.90 Å². The summed E-state index contributed by atoms with van der Waals surface area (Å²) in [6, 6.07) is 17.6. The lowest BCUT2D eigenvalue weighted by Gasteiger charge is -2.35. The summed E-state index contributed by atoms with van der Waals surface area (Å²) in [5.41, 5.74) is 19.5. The van der Waals surface area contributed by atoms with Crippen LogP contribution in [0.2, 0.25) is 0 Å². The van der Waals surface area contributed by atoms with E-state index < -0.39 is 53.5 Å². The maximum absolute atomic E-state index is 14.1. The van der Waals surface area contributed by atoms with Crippen molar-refractivity contribution in [3.05, 3.63) is 100 Å². The van der Waals surface area contributed by atoms with Gasteiger partial charge in [0.05, 0.1) is 40.0 Å². The van der Waals surface area contributed by atoms with Crippen LogP contribution in [-0.2, 0) is 54.6 Å². The molecule has 376 valence electrons. The molecule has 7 rings (SSSR count). The number of nitrogens with zero attached hydrogens (tertiary/aromatic N) is 3. The van der Waals surface area contributed by atoms with Crippen molar-refractivity contribution in [3.63, 3.8) is 0 Å². The number of aliphatic hydroxyl groups excluding tert-OH is 1. The van der Waals surface area contributed by atoms with Gasteiger partial charge >= 0.3 is 0 Å². The third kappa shape index (κ3) is 13.3. The number of thiazole rings is 1. The van der Waals surface area contributed by atoms with Crippen LogP contribution < -0.4 is 37.1 Å². The van der Waals surface area contributed by atoms with E-state index in [1.54, 1.807) is 16.2 Å². The fraction of sp³-hybridized carbons (Fsp3) is 0.481. The van der Waals surface area contributed by atoms with Gasteiger partial charge in [-0.25, -0.2) is 4.98 Å². The Balaban J connectivity index is 0.00000804. The van der Waals surface area contributed by atoms with Crippen LogP contribution in [0, 0.1) is 12.3 Å². The number of aryl methyl sites for hydroxylation is 3. The highest BCUT2D eigenvalue weighted by Gasteiger charge is 2.45. The molecule has 3 aromatic carbocycles. The number of carbonyl (C=O) groups excluding carboxylic acids is 6. The maximum atomic E-state index is 14.1. The van der Waals surface area contributed by atoms with Crippen LogP contribution in [0.25, 0.3) is 10.4 Å². The number of rotatable bonds is 20. The van der Waals surface area contributed by atoms with Gasteiger partial charge in [-0.1, -0.05) is 81.8 Å². The van der Waals surface area contributed by atoms with Crippen LogP contribution in [0.4, 0.5) is 5.69 Å². The lowest BCUT2D eigenvalue weighted by atomic mass is 9.85. The van der Waals surface area contributed by atoms with Crippen LogP contribution in [0.3, 0.4) is 0 Å². The third-order valence-corrected chi connectivity index (χ3v) is 14.3. The molecule has 18 heteroatoms. The number of nitrogens with two attached hydrogens (primary N) is 2. The van der Waals surface area contributed by atoms with Crippen molar-refractivity contribution in [2.75, 3.05) is 18.1 Å². The molecular formula is C52H67ClN8O8S. The van der Waals surface area contributed by atoms with Gasteiger partial charge in [0.1, 0.15) is 30.5 Å². The predicted molar refractivity (Wildman–Crippen MR) is 271 cm³/mol. The first-order valence-electron chi connectivity index (χ1n) is 24.0. The molecule has 0 spiro atoms. The van der Waals surface area contributed by atoms with Gasteiger partial charge in [0.25, 0.3) is 0 Å². The molecular weight excluding hydrogens is 932 g/mol. The van der Waals surface area contributed by atoms with E-state index in [1.807, 2.05) is 99.9 Å². The number of hydrogen-bond acceptors (Lipinski definition) is 11. The Labute approximate surface area is 420 Å². The highest BCUT2D eigenvalue weighted by atomic mass is 35.5. The Hall–Kier alpha value is -5.88. The second-order valence-corrected chi connectivity index (χ2v) is 20.5. The molecule has 1 fully saturated rings. The summed E-state index contributed by atoms with van der Waals surface area (Å²) in [6.45, 7) is 7.91. The van der Waals surface area contributed by atoms with Crippen molar-refractivity contribution < 1.29 is 38.6 Å². The van der Waals surface area contributed by atoms with Gasteiger partial charge in [-0.15, -0.1) is 23.7 Å². The van der Waals surface area contributed by atoms with Gasteiger partial charge < -0.3 is 42.2 Å². The number of unbranched alkanes of at least 4 members (excludes halogenated alkanes) is 2. The number of hydrogen-bond donors (Lipinski definition) is 6. The fourth-order valence-electron chi connectivity index (χ4n) is 9.43. The molecule has 6 amide bonds. The summed E-state index contributed by atoms with van der Waals surface area (Å²) < 4.78 is 6.09. The summed E-state index contributed by atoms with van der Waals surface area (Å²) >= 11 is 1.57. The normalized spacial score (nSPS) is 19.3. The van der Waals surface area contributed by atoms with Gasteiger partial charge in [-0.3, -0.25) is 33.7 Å². The number of ether oxygens (including phenoxy) is 1. The molecule has 70 heavy (non-hydrogen) atoms. The van der Waals surface area contributed by atoms with Crippen molar-refractivity contribution in [1.82, 2.24) is 25.8 Å². The zero-order valence-corrected chi connectivity index (χ0v) is 42.0. The van der Waals surface area contributed by atoms with Gasteiger partial charge in [0, 0.05) is 38.8 Å². The second kappa shape index (κ2) is 23.8. The third-order valence-electron chi connectivity index (χ3n) is 13.3. The van der Waals surface area contributed by atoms with E-state index in [0.717, 1.165) is 63.3 Å². The summed E-state index contributed by atoms with van der Waals surface area (Å²) in [5, 5.41) is 19.5. The van der Waals surface area contributed by atoms with Gasteiger partial charge in [-0.2, -0.15) is 0 Å². The van der Waals surface area contributed by atoms with Crippen LogP contribution in [0.1, 0.15) is 100 Å². The van der Waals surface area contributed by atoms with Gasteiger partial charge in [0.15, 0.2) is 0 Å². The zero-order valence-electron chi connectivity index (χ0n) is 40.4. The van der Waals surface area contributed by atoms with Crippen LogP contribution in [-0.4, -0.2) is 99.9 Å². The number of halogens is 1. The summed E-state index contributed by atoms with van der Waals surface area (Å²) in [7, 11) is 0. The smallest absolute Gasteiger partial charge is 0.246 e. The van der Waals surface area contributed by atoms with Crippen molar-refractivity contribution in [1.29, 1.82) is 0 Å². The quantitative estimate of drug-likeness (QED) is 0.0661. The minimum Gasteiger partial charge on any atom is -0.491 e. The Kier molecular flexibility index (Phi) is 18.2. The van der Waals surface area contributed by atoms with Crippen molar-refractivity contribution in [3.8, 4) is 16.2 Å². The van der Waals surface area contributed by atoms with Crippen molar-refractivity contribution in [2.24, 2.45) is 16.9 Å². The van der Waals surface area contributed by atoms with E-state index in [0.29, 0.717) is 31.4 Å². The number of amides is 6. The molecule has 0 aliphatic carbocycles. The lowest BCUT2D eigenvalue weighted by molar-refractivity contribution is -0.144. The van der Waals surface area contributed by atoms with Crippen molar-refractivity contribution in [2.45, 2.75) is 141 Å². The number of para-hydroxylation sites is 1. The number of anilines is 1. The Bertz CT molecular complexity index is 2500. The maximum Gasteiger partial charge on any atom is 0.246 e. The van der Waals surface area contributed by atoms with E-state index in [9.17, 15) is 33.9 Å².